The van der Waals surface area contributed by atoms with Crippen molar-refractivity contribution in [2.75, 3.05) is 0 Å². The first-order valence-corrected chi connectivity index (χ1v) is 18.9. The lowest BCUT2D eigenvalue weighted by molar-refractivity contribution is 0.236. The van der Waals surface area contributed by atoms with Crippen LogP contribution in [0, 0.1) is 29.6 Å². The Morgan fingerprint density at radius 1 is 0.256 bits per heavy atom. The summed E-state index contributed by atoms with van der Waals surface area (Å²) < 4.78 is 0. The fourth-order valence-electron chi connectivity index (χ4n) is 6.71. The molecule has 0 amide bonds. The Hall–Kier alpha value is 0. The van der Waals surface area contributed by atoms with Gasteiger partial charge in [0.1, 0.15) is 0 Å². The Morgan fingerprint density at radius 2 is 0.462 bits per heavy atom. The van der Waals surface area contributed by atoms with Crippen LogP contribution in [0.4, 0.5) is 0 Å². The maximum atomic E-state index is 2.38. The van der Waals surface area contributed by atoms with Crippen molar-refractivity contribution >= 4 is 0 Å². The first-order valence-electron chi connectivity index (χ1n) is 18.9. The zero-order valence-electron chi connectivity index (χ0n) is 29.0. The van der Waals surface area contributed by atoms with Gasteiger partial charge in [-0.05, 0) is 29.6 Å². The van der Waals surface area contributed by atoms with E-state index in [9.17, 15) is 0 Å². The van der Waals surface area contributed by atoms with Gasteiger partial charge in [0.25, 0.3) is 0 Å². The topological polar surface area (TPSA) is 0 Å². The van der Waals surface area contributed by atoms with Gasteiger partial charge in [-0.2, -0.15) is 0 Å². The maximum absolute atomic E-state index is 2.38. The van der Waals surface area contributed by atoms with E-state index in [-0.39, 0.29) is 0 Å². The first kappa shape index (κ1) is 39.0. The Kier molecular flexibility index (Phi) is 29.5. The minimum absolute atomic E-state index is 0.882. The van der Waals surface area contributed by atoms with Crippen LogP contribution in [-0.4, -0.2) is 0 Å². The predicted molar refractivity (Wildman–Crippen MR) is 182 cm³/mol. The lowest BCUT2D eigenvalue weighted by Crippen LogP contribution is -2.16. The van der Waals surface area contributed by atoms with E-state index >= 15 is 0 Å². The molecule has 0 heterocycles. The van der Waals surface area contributed by atoms with Crippen molar-refractivity contribution in [2.45, 2.75) is 222 Å². The molecule has 0 spiro atoms. The Labute approximate surface area is 251 Å². The monoisotopic (exact) mass is 549 g/mol. The highest BCUT2D eigenvalue weighted by Gasteiger charge is 2.20. The van der Waals surface area contributed by atoms with Gasteiger partial charge in [0.2, 0.25) is 0 Å². The summed E-state index contributed by atoms with van der Waals surface area (Å²) in [7, 11) is 0. The van der Waals surface area contributed by atoms with Crippen molar-refractivity contribution in [1.82, 2.24) is 0 Å². The third-order valence-electron chi connectivity index (χ3n) is 9.41. The van der Waals surface area contributed by atoms with Crippen molar-refractivity contribution in [3.8, 4) is 0 Å². The van der Waals surface area contributed by atoms with Crippen molar-refractivity contribution < 1.29 is 0 Å². The second-order valence-corrected chi connectivity index (χ2v) is 14.9. The molecule has 0 aliphatic carbocycles. The van der Waals surface area contributed by atoms with Gasteiger partial charge in [-0.1, -0.05) is 222 Å². The highest BCUT2D eigenvalue weighted by molar-refractivity contribution is 4.72. The van der Waals surface area contributed by atoms with Crippen molar-refractivity contribution in [3.63, 3.8) is 0 Å². The number of rotatable bonds is 31. The molecule has 1 unspecified atom stereocenters. The molecule has 0 radical (unpaired) electrons. The van der Waals surface area contributed by atoms with Crippen LogP contribution in [-0.2, 0) is 0 Å². The molecule has 0 bridgehead atoms. The standard InChI is InChI=1S/C39H80/c1-8-9-10-14-24-31-38(32-25-18-11-15-21-28-35(2)3)39(33-26-19-12-16-22-29-36(4)5)34-27-20-13-17-23-30-37(6)7/h35-39H,8-34H2,1-7H3. The molecule has 0 heteroatoms. The van der Waals surface area contributed by atoms with Gasteiger partial charge in [-0.25, -0.2) is 0 Å². The quantitative estimate of drug-likeness (QED) is 0.0755. The van der Waals surface area contributed by atoms with Gasteiger partial charge in [0.15, 0.2) is 0 Å². The van der Waals surface area contributed by atoms with Gasteiger partial charge in [0.05, 0.1) is 0 Å². The average molecular weight is 549 g/mol. The van der Waals surface area contributed by atoms with Crippen molar-refractivity contribution in [1.29, 1.82) is 0 Å². The van der Waals surface area contributed by atoms with Gasteiger partial charge in [-0.3, -0.25) is 0 Å². The van der Waals surface area contributed by atoms with Crippen LogP contribution < -0.4 is 0 Å². The third-order valence-corrected chi connectivity index (χ3v) is 9.41. The van der Waals surface area contributed by atoms with E-state index in [1.165, 1.54) is 173 Å². The van der Waals surface area contributed by atoms with Crippen LogP contribution in [0.5, 0.6) is 0 Å². The molecule has 0 fully saturated rings. The molecular formula is C39H80. The van der Waals surface area contributed by atoms with E-state index < -0.39 is 0 Å². The predicted octanol–water partition coefficient (Wildman–Crippen LogP) is 14.7. The van der Waals surface area contributed by atoms with Crippen LogP contribution in [0.3, 0.4) is 0 Å². The van der Waals surface area contributed by atoms with Crippen LogP contribution >= 0.6 is 0 Å². The normalized spacial score (nSPS) is 13.0. The zero-order valence-corrected chi connectivity index (χ0v) is 29.0. The summed E-state index contributed by atoms with van der Waals surface area (Å²) in [6.07, 6.45) is 39.9. The van der Waals surface area contributed by atoms with Crippen molar-refractivity contribution in [2.24, 2.45) is 29.6 Å². The molecule has 0 aromatic heterocycles. The number of hydrogen-bond donors (Lipinski definition) is 0. The van der Waals surface area contributed by atoms with Gasteiger partial charge >= 0.3 is 0 Å². The minimum atomic E-state index is 0.882. The van der Waals surface area contributed by atoms with Crippen LogP contribution in [0.15, 0.2) is 0 Å². The van der Waals surface area contributed by atoms with Crippen LogP contribution in [0.1, 0.15) is 222 Å². The summed E-state index contributed by atoms with van der Waals surface area (Å²) in [6, 6.07) is 0. The summed E-state index contributed by atoms with van der Waals surface area (Å²) in [5.41, 5.74) is 0. The molecule has 39 heavy (non-hydrogen) atoms. The largest absolute Gasteiger partial charge is 0.0654 e. The highest BCUT2D eigenvalue weighted by Crippen LogP contribution is 2.34. The smallest absolute Gasteiger partial charge is 0.0386 e. The molecule has 0 aliphatic heterocycles. The summed E-state index contributed by atoms with van der Waals surface area (Å²) in [5.74, 6) is 4.68. The summed E-state index contributed by atoms with van der Waals surface area (Å²) in [4.78, 5) is 0. The van der Waals surface area contributed by atoms with Crippen molar-refractivity contribution in [3.05, 3.63) is 0 Å². The third kappa shape index (κ3) is 29.3. The Bertz CT molecular complexity index is 425. The van der Waals surface area contributed by atoms with Gasteiger partial charge < -0.3 is 0 Å². The van der Waals surface area contributed by atoms with E-state index in [0.717, 1.165) is 29.6 Å². The zero-order chi connectivity index (χ0) is 29.0. The molecule has 236 valence electrons. The second kappa shape index (κ2) is 29.5. The molecule has 0 rings (SSSR count). The van der Waals surface area contributed by atoms with E-state index in [4.69, 9.17) is 0 Å². The molecule has 0 saturated heterocycles. The van der Waals surface area contributed by atoms with E-state index in [1.54, 1.807) is 0 Å². The SMILES string of the molecule is CCCCCCCC(CCCCCCCC(C)C)C(CCCCCCCC(C)C)CCCCCCCC(C)C. The molecule has 0 aliphatic rings. The Balaban J connectivity index is 4.73. The molecule has 0 aromatic rings. The van der Waals surface area contributed by atoms with Crippen LogP contribution in [0.25, 0.3) is 0 Å². The minimum Gasteiger partial charge on any atom is -0.0654 e. The fraction of sp³-hybridized carbons (Fsp3) is 1.00. The summed E-state index contributed by atoms with van der Waals surface area (Å²) in [6.45, 7) is 16.6. The molecule has 1 atom stereocenters. The second-order valence-electron chi connectivity index (χ2n) is 14.9. The summed E-state index contributed by atoms with van der Waals surface area (Å²) in [5, 5.41) is 0. The first-order chi connectivity index (χ1) is 18.9. The van der Waals surface area contributed by atoms with Crippen LogP contribution in [0.2, 0.25) is 0 Å². The van der Waals surface area contributed by atoms with Gasteiger partial charge in [-0.15, -0.1) is 0 Å². The molecule has 0 N–H and O–H groups in total. The lowest BCUT2D eigenvalue weighted by atomic mass is 9.78. The number of hydrogen-bond acceptors (Lipinski definition) is 0. The lowest BCUT2D eigenvalue weighted by Gasteiger charge is -2.28. The summed E-state index contributed by atoms with van der Waals surface area (Å²) >= 11 is 0. The van der Waals surface area contributed by atoms with E-state index in [1.807, 2.05) is 0 Å². The highest BCUT2D eigenvalue weighted by atomic mass is 14.3. The fourth-order valence-corrected chi connectivity index (χ4v) is 6.71. The average Bonchev–Trinajstić information content (AvgIpc) is 2.88. The molecule has 0 nitrogen and oxygen atoms in total. The molecule has 0 saturated carbocycles. The molecule has 0 aromatic carbocycles. The van der Waals surface area contributed by atoms with E-state index in [0.29, 0.717) is 0 Å². The van der Waals surface area contributed by atoms with E-state index in [2.05, 4.69) is 48.5 Å². The Morgan fingerprint density at radius 3 is 0.692 bits per heavy atom. The number of unbranched alkanes of at least 4 members (excludes halogenated alkanes) is 16. The maximum Gasteiger partial charge on any atom is -0.0386 e. The van der Waals surface area contributed by atoms with Gasteiger partial charge in [0, 0.05) is 0 Å². The molecular weight excluding hydrogens is 468 g/mol.